The van der Waals surface area contributed by atoms with E-state index in [9.17, 15) is 14.0 Å². The van der Waals surface area contributed by atoms with E-state index in [0.717, 1.165) is 17.7 Å². The second kappa shape index (κ2) is 9.67. The zero-order valence-corrected chi connectivity index (χ0v) is 21.5. The SMILES string of the molecule is COc1cc2c(cc1OC)[C@@H](C(=O)N1CCN(c3ccc(F)cc3)CC1)[C@@H]1c3ccccc3CCN1C2=O. The Morgan fingerprint density at radius 3 is 2.26 bits per heavy atom. The molecule has 0 N–H and O–H groups in total. The number of piperazine rings is 1. The molecule has 0 aliphatic carbocycles. The predicted molar refractivity (Wildman–Crippen MR) is 141 cm³/mol. The number of nitrogens with zero attached hydrogens (tertiary/aromatic N) is 3. The maximum atomic E-state index is 14.4. The highest BCUT2D eigenvalue weighted by atomic mass is 19.1. The van der Waals surface area contributed by atoms with Crippen molar-refractivity contribution in [2.45, 2.75) is 18.4 Å². The van der Waals surface area contributed by atoms with Crippen molar-refractivity contribution in [2.75, 3.05) is 51.8 Å². The molecule has 2 amide bonds. The molecule has 196 valence electrons. The van der Waals surface area contributed by atoms with Gasteiger partial charge in [0.15, 0.2) is 11.5 Å². The molecule has 0 radical (unpaired) electrons. The van der Waals surface area contributed by atoms with Crippen LogP contribution in [0.1, 0.15) is 39.0 Å². The molecule has 3 aliphatic heterocycles. The van der Waals surface area contributed by atoms with Gasteiger partial charge in [0, 0.05) is 44.0 Å². The van der Waals surface area contributed by atoms with Gasteiger partial charge in [-0.25, -0.2) is 4.39 Å². The van der Waals surface area contributed by atoms with Gasteiger partial charge >= 0.3 is 0 Å². The fourth-order valence-electron chi connectivity index (χ4n) is 6.15. The molecule has 3 aromatic carbocycles. The van der Waals surface area contributed by atoms with Crippen LogP contribution in [0.15, 0.2) is 60.7 Å². The second-order valence-corrected chi connectivity index (χ2v) is 9.95. The third-order valence-corrected chi connectivity index (χ3v) is 8.08. The van der Waals surface area contributed by atoms with Crippen LogP contribution in [-0.4, -0.2) is 68.6 Å². The number of carbonyl (C=O) groups excluding carboxylic acids is 2. The van der Waals surface area contributed by atoms with Crippen molar-refractivity contribution in [2.24, 2.45) is 0 Å². The molecule has 0 aromatic heterocycles. The summed E-state index contributed by atoms with van der Waals surface area (Å²) in [7, 11) is 3.10. The lowest BCUT2D eigenvalue weighted by Gasteiger charge is -2.47. The van der Waals surface area contributed by atoms with E-state index in [-0.39, 0.29) is 23.7 Å². The lowest BCUT2D eigenvalue weighted by Crippen LogP contribution is -2.54. The standard InChI is InChI=1S/C30H30FN3O4/c1-37-25-17-23-24(18-26(25)38-2)29(35)34-12-11-19-5-3-4-6-22(19)28(34)27(23)30(36)33-15-13-32(14-16-33)21-9-7-20(31)8-10-21/h3-10,17-18,27-28H,11-16H2,1-2H3/t27-,28+/m1/s1. The van der Waals surface area contributed by atoms with Crippen molar-refractivity contribution in [1.29, 1.82) is 0 Å². The maximum absolute atomic E-state index is 14.4. The maximum Gasteiger partial charge on any atom is 0.254 e. The van der Waals surface area contributed by atoms with Crippen LogP contribution in [0.3, 0.4) is 0 Å². The summed E-state index contributed by atoms with van der Waals surface area (Å²) in [6.45, 7) is 2.92. The summed E-state index contributed by atoms with van der Waals surface area (Å²) in [6.07, 6.45) is 0.748. The minimum Gasteiger partial charge on any atom is -0.493 e. The number of fused-ring (bicyclic) bond motifs is 4. The Hall–Kier alpha value is -4.07. The molecule has 1 saturated heterocycles. The van der Waals surface area contributed by atoms with E-state index in [1.54, 1.807) is 38.5 Å². The number of halogens is 1. The quantitative estimate of drug-likeness (QED) is 0.525. The van der Waals surface area contributed by atoms with Crippen molar-refractivity contribution in [1.82, 2.24) is 9.80 Å². The van der Waals surface area contributed by atoms with Crippen LogP contribution < -0.4 is 14.4 Å². The number of carbonyl (C=O) groups is 2. The minimum atomic E-state index is -0.568. The zero-order chi connectivity index (χ0) is 26.4. The number of benzene rings is 3. The number of anilines is 1. The van der Waals surface area contributed by atoms with Gasteiger partial charge in [0.2, 0.25) is 5.91 Å². The van der Waals surface area contributed by atoms with Gasteiger partial charge in [-0.15, -0.1) is 0 Å². The van der Waals surface area contributed by atoms with Crippen LogP contribution in [0.2, 0.25) is 0 Å². The topological polar surface area (TPSA) is 62.3 Å². The number of hydrogen-bond acceptors (Lipinski definition) is 5. The summed E-state index contributed by atoms with van der Waals surface area (Å²) in [5.74, 6) is 0.0333. The molecular formula is C30H30FN3O4. The summed E-state index contributed by atoms with van der Waals surface area (Å²) in [6, 6.07) is 17.7. The first-order valence-electron chi connectivity index (χ1n) is 12.9. The smallest absolute Gasteiger partial charge is 0.254 e. The number of methoxy groups -OCH3 is 2. The Labute approximate surface area is 221 Å². The van der Waals surface area contributed by atoms with Gasteiger partial charge in [0.25, 0.3) is 5.91 Å². The largest absolute Gasteiger partial charge is 0.493 e. The normalized spacial score (nSPS) is 20.4. The molecular weight excluding hydrogens is 485 g/mol. The first-order valence-corrected chi connectivity index (χ1v) is 12.9. The summed E-state index contributed by atoms with van der Waals surface area (Å²) < 4.78 is 24.5. The van der Waals surface area contributed by atoms with Crippen LogP contribution >= 0.6 is 0 Å². The number of hydrogen-bond donors (Lipinski definition) is 0. The van der Waals surface area contributed by atoms with Crippen molar-refractivity contribution in [3.05, 3.63) is 88.7 Å². The van der Waals surface area contributed by atoms with E-state index in [1.165, 1.54) is 17.7 Å². The van der Waals surface area contributed by atoms with Gasteiger partial charge in [0.1, 0.15) is 5.82 Å². The molecule has 0 bridgehead atoms. The van der Waals surface area contributed by atoms with Crippen molar-refractivity contribution in [3.8, 4) is 11.5 Å². The van der Waals surface area contributed by atoms with Gasteiger partial charge in [-0.3, -0.25) is 9.59 Å². The van der Waals surface area contributed by atoms with Gasteiger partial charge in [-0.05, 0) is 59.5 Å². The van der Waals surface area contributed by atoms with E-state index in [4.69, 9.17) is 9.47 Å². The van der Waals surface area contributed by atoms with Gasteiger partial charge in [0.05, 0.1) is 26.2 Å². The van der Waals surface area contributed by atoms with Crippen molar-refractivity contribution < 1.29 is 23.5 Å². The molecule has 3 heterocycles. The second-order valence-electron chi connectivity index (χ2n) is 9.95. The molecule has 0 unspecified atom stereocenters. The van der Waals surface area contributed by atoms with E-state index in [1.807, 2.05) is 28.0 Å². The van der Waals surface area contributed by atoms with Gasteiger partial charge in [-0.1, -0.05) is 24.3 Å². The predicted octanol–water partition coefficient (Wildman–Crippen LogP) is 4.03. The highest BCUT2D eigenvalue weighted by Crippen LogP contribution is 2.49. The lowest BCUT2D eigenvalue weighted by atomic mass is 9.75. The summed E-state index contributed by atoms with van der Waals surface area (Å²) >= 11 is 0. The number of amides is 2. The van der Waals surface area contributed by atoms with E-state index in [2.05, 4.69) is 11.0 Å². The minimum absolute atomic E-state index is 0.00331. The van der Waals surface area contributed by atoms with Crippen LogP contribution in [0.4, 0.5) is 10.1 Å². The van der Waals surface area contributed by atoms with Crippen LogP contribution in [0.5, 0.6) is 11.5 Å². The molecule has 38 heavy (non-hydrogen) atoms. The van der Waals surface area contributed by atoms with Crippen molar-refractivity contribution in [3.63, 3.8) is 0 Å². The highest BCUT2D eigenvalue weighted by molar-refractivity contribution is 6.02. The first kappa shape index (κ1) is 24.3. The molecule has 2 atom stereocenters. The Morgan fingerprint density at radius 2 is 1.55 bits per heavy atom. The molecule has 0 saturated carbocycles. The van der Waals surface area contributed by atoms with Crippen LogP contribution in [0.25, 0.3) is 0 Å². The average Bonchev–Trinajstić information content (AvgIpc) is 2.97. The highest BCUT2D eigenvalue weighted by Gasteiger charge is 2.48. The average molecular weight is 516 g/mol. The fraction of sp³-hybridized carbons (Fsp3) is 0.333. The Kier molecular flexibility index (Phi) is 6.18. The van der Waals surface area contributed by atoms with Gasteiger partial charge in [-0.2, -0.15) is 0 Å². The third kappa shape index (κ3) is 3.95. The monoisotopic (exact) mass is 515 g/mol. The number of ether oxygens (including phenoxy) is 2. The zero-order valence-electron chi connectivity index (χ0n) is 21.5. The molecule has 3 aromatic rings. The fourth-order valence-corrected chi connectivity index (χ4v) is 6.15. The Bertz CT molecular complexity index is 1380. The van der Waals surface area contributed by atoms with Crippen LogP contribution in [0, 0.1) is 5.82 Å². The Morgan fingerprint density at radius 1 is 0.868 bits per heavy atom. The summed E-state index contributed by atoms with van der Waals surface area (Å²) in [4.78, 5) is 34.1. The van der Waals surface area contributed by atoms with E-state index < -0.39 is 5.92 Å². The molecule has 0 spiro atoms. The molecule has 6 rings (SSSR count). The lowest BCUT2D eigenvalue weighted by molar-refractivity contribution is -0.135. The van der Waals surface area contributed by atoms with Crippen molar-refractivity contribution >= 4 is 17.5 Å². The number of rotatable bonds is 4. The van der Waals surface area contributed by atoms with E-state index in [0.29, 0.717) is 55.3 Å². The summed E-state index contributed by atoms with van der Waals surface area (Å²) in [5, 5.41) is 0. The van der Waals surface area contributed by atoms with Gasteiger partial charge < -0.3 is 24.2 Å². The molecule has 3 aliphatic rings. The molecule has 8 heteroatoms. The Balaban J connectivity index is 1.38. The van der Waals surface area contributed by atoms with Crippen LogP contribution in [-0.2, 0) is 11.2 Å². The molecule has 1 fully saturated rings. The third-order valence-electron chi connectivity index (χ3n) is 8.08. The summed E-state index contributed by atoms with van der Waals surface area (Å²) in [5.41, 5.74) is 4.30. The first-order chi connectivity index (χ1) is 18.5. The van der Waals surface area contributed by atoms with E-state index >= 15 is 0 Å². The molecule has 7 nitrogen and oxygen atoms in total.